The van der Waals surface area contributed by atoms with Crippen molar-refractivity contribution in [1.82, 2.24) is 25.1 Å². The molecule has 23 heavy (non-hydrogen) atoms. The number of aromatic nitrogens is 4. The average Bonchev–Trinajstić information content (AvgIpc) is 2.94. The van der Waals surface area contributed by atoms with Crippen molar-refractivity contribution in [3.63, 3.8) is 0 Å². The standard InChI is InChI=1S/C13H14F3N5OS/c1-2-21-11(9-3-5-17-6-4-9)19-20-12(21)23-7-10(22)18-8-13(14,15)16/h3-6H,2,7-8H2,1H3,(H,18,22). The van der Waals surface area contributed by atoms with E-state index in [0.717, 1.165) is 17.3 Å². The quantitative estimate of drug-likeness (QED) is 0.812. The van der Waals surface area contributed by atoms with Gasteiger partial charge in [-0.1, -0.05) is 11.8 Å². The van der Waals surface area contributed by atoms with Crippen LogP contribution in [0.2, 0.25) is 0 Å². The first-order chi connectivity index (χ1) is 10.9. The van der Waals surface area contributed by atoms with Crippen LogP contribution >= 0.6 is 11.8 Å². The highest BCUT2D eigenvalue weighted by molar-refractivity contribution is 7.99. The van der Waals surface area contributed by atoms with Crippen LogP contribution in [-0.2, 0) is 11.3 Å². The molecule has 2 aromatic heterocycles. The van der Waals surface area contributed by atoms with Crippen molar-refractivity contribution in [2.75, 3.05) is 12.3 Å². The van der Waals surface area contributed by atoms with Crippen LogP contribution < -0.4 is 5.32 Å². The maximum Gasteiger partial charge on any atom is 0.405 e. The molecule has 10 heteroatoms. The molecule has 2 rings (SSSR count). The van der Waals surface area contributed by atoms with Gasteiger partial charge in [0.15, 0.2) is 11.0 Å². The summed E-state index contributed by atoms with van der Waals surface area (Å²) >= 11 is 1.04. The van der Waals surface area contributed by atoms with Gasteiger partial charge < -0.3 is 9.88 Å². The number of halogens is 3. The SMILES string of the molecule is CCn1c(SCC(=O)NCC(F)(F)F)nnc1-c1ccncc1. The normalized spacial score (nSPS) is 11.5. The van der Waals surface area contributed by atoms with Crippen LogP contribution in [0.3, 0.4) is 0 Å². The Kier molecular flexibility index (Phi) is 5.59. The zero-order valence-corrected chi connectivity index (χ0v) is 13.0. The molecular formula is C13H14F3N5OS. The fourth-order valence-corrected chi connectivity index (χ4v) is 2.61. The van der Waals surface area contributed by atoms with Crippen molar-refractivity contribution in [1.29, 1.82) is 0 Å². The number of carbonyl (C=O) groups excluding carboxylic acids is 1. The molecule has 0 bridgehead atoms. The zero-order chi connectivity index (χ0) is 16.9. The Hall–Kier alpha value is -2.10. The van der Waals surface area contributed by atoms with E-state index in [1.165, 1.54) is 0 Å². The second-order valence-electron chi connectivity index (χ2n) is 4.47. The summed E-state index contributed by atoms with van der Waals surface area (Å²) in [7, 11) is 0. The number of hydrogen-bond donors (Lipinski definition) is 1. The largest absolute Gasteiger partial charge is 0.405 e. The maximum absolute atomic E-state index is 12.0. The van der Waals surface area contributed by atoms with Crippen molar-refractivity contribution >= 4 is 17.7 Å². The monoisotopic (exact) mass is 345 g/mol. The van der Waals surface area contributed by atoms with Gasteiger partial charge in [-0.25, -0.2) is 0 Å². The van der Waals surface area contributed by atoms with Crippen LogP contribution in [0.1, 0.15) is 6.92 Å². The van der Waals surface area contributed by atoms with E-state index in [1.807, 2.05) is 12.2 Å². The first-order valence-electron chi connectivity index (χ1n) is 6.70. The van der Waals surface area contributed by atoms with Gasteiger partial charge in [0.1, 0.15) is 6.54 Å². The second kappa shape index (κ2) is 7.44. The number of carbonyl (C=O) groups is 1. The van der Waals surface area contributed by atoms with Crippen LogP contribution in [0.4, 0.5) is 13.2 Å². The fourth-order valence-electron chi connectivity index (χ4n) is 1.78. The number of amides is 1. The lowest BCUT2D eigenvalue weighted by Gasteiger charge is -2.09. The molecule has 0 unspecified atom stereocenters. The number of hydrogen-bond acceptors (Lipinski definition) is 5. The molecule has 0 aliphatic rings. The van der Waals surface area contributed by atoms with Crippen LogP contribution in [0.25, 0.3) is 11.4 Å². The Bertz CT molecular complexity index is 659. The lowest BCUT2D eigenvalue weighted by Crippen LogP contribution is -2.34. The molecular weight excluding hydrogens is 331 g/mol. The van der Waals surface area contributed by atoms with Crippen molar-refractivity contribution in [2.45, 2.75) is 24.8 Å². The van der Waals surface area contributed by atoms with E-state index in [0.29, 0.717) is 17.5 Å². The van der Waals surface area contributed by atoms with Crippen LogP contribution in [0, 0.1) is 0 Å². The highest BCUT2D eigenvalue weighted by atomic mass is 32.2. The van der Waals surface area contributed by atoms with E-state index in [2.05, 4.69) is 15.2 Å². The van der Waals surface area contributed by atoms with Crippen LogP contribution in [-0.4, -0.2) is 44.1 Å². The van der Waals surface area contributed by atoms with Gasteiger partial charge in [-0.15, -0.1) is 10.2 Å². The first kappa shape index (κ1) is 17.3. The molecule has 0 aliphatic carbocycles. The van der Waals surface area contributed by atoms with E-state index in [1.54, 1.807) is 29.1 Å². The Labute approximate surface area is 134 Å². The first-order valence-corrected chi connectivity index (χ1v) is 7.69. The fraction of sp³-hybridized carbons (Fsp3) is 0.385. The molecule has 0 spiro atoms. The molecule has 2 aromatic rings. The number of nitrogens with one attached hydrogen (secondary N) is 1. The summed E-state index contributed by atoms with van der Waals surface area (Å²) in [4.78, 5) is 15.4. The van der Waals surface area contributed by atoms with Crippen molar-refractivity contribution in [3.05, 3.63) is 24.5 Å². The number of pyridine rings is 1. The Morgan fingerprint density at radius 3 is 2.61 bits per heavy atom. The lowest BCUT2D eigenvalue weighted by atomic mass is 10.2. The van der Waals surface area contributed by atoms with Gasteiger partial charge in [-0.2, -0.15) is 13.2 Å². The molecule has 124 valence electrons. The molecule has 0 fully saturated rings. The molecule has 0 radical (unpaired) electrons. The molecule has 0 aromatic carbocycles. The van der Waals surface area contributed by atoms with Gasteiger partial charge in [-0.05, 0) is 19.1 Å². The third-order valence-electron chi connectivity index (χ3n) is 2.79. The topological polar surface area (TPSA) is 72.7 Å². The zero-order valence-electron chi connectivity index (χ0n) is 12.2. The molecule has 0 atom stereocenters. The third kappa shape index (κ3) is 4.95. The summed E-state index contributed by atoms with van der Waals surface area (Å²) in [6.45, 7) is 1.12. The number of alkyl halides is 3. The highest BCUT2D eigenvalue weighted by Crippen LogP contribution is 2.23. The molecule has 0 saturated carbocycles. The third-order valence-corrected chi connectivity index (χ3v) is 3.76. The molecule has 0 aliphatic heterocycles. The average molecular weight is 345 g/mol. The van der Waals surface area contributed by atoms with Crippen molar-refractivity contribution < 1.29 is 18.0 Å². The summed E-state index contributed by atoms with van der Waals surface area (Å²) < 4.78 is 37.9. The van der Waals surface area contributed by atoms with Crippen molar-refractivity contribution in [2.24, 2.45) is 0 Å². The Balaban J connectivity index is 2.01. The minimum atomic E-state index is -4.42. The van der Waals surface area contributed by atoms with E-state index < -0.39 is 18.6 Å². The van der Waals surface area contributed by atoms with Gasteiger partial charge in [0.2, 0.25) is 5.91 Å². The highest BCUT2D eigenvalue weighted by Gasteiger charge is 2.27. The van der Waals surface area contributed by atoms with E-state index in [9.17, 15) is 18.0 Å². The smallest absolute Gasteiger partial charge is 0.346 e. The predicted octanol–water partition coefficient (Wildman–Crippen LogP) is 2.13. The maximum atomic E-state index is 12.0. The van der Waals surface area contributed by atoms with E-state index in [4.69, 9.17) is 0 Å². The minimum absolute atomic E-state index is 0.162. The van der Waals surface area contributed by atoms with Crippen LogP contribution in [0.15, 0.2) is 29.7 Å². The van der Waals surface area contributed by atoms with Gasteiger partial charge in [0.05, 0.1) is 5.75 Å². The predicted molar refractivity (Wildman–Crippen MR) is 78.7 cm³/mol. The van der Waals surface area contributed by atoms with Gasteiger partial charge >= 0.3 is 6.18 Å². The van der Waals surface area contributed by atoms with Gasteiger partial charge in [0.25, 0.3) is 0 Å². The summed E-state index contributed by atoms with van der Waals surface area (Å²) in [5.41, 5.74) is 0.822. The molecule has 2 heterocycles. The van der Waals surface area contributed by atoms with Crippen molar-refractivity contribution in [3.8, 4) is 11.4 Å². The second-order valence-corrected chi connectivity index (χ2v) is 5.41. The Morgan fingerprint density at radius 1 is 1.30 bits per heavy atom. The molecule has 0 saturated heterocycles. The number of nitrogens with zero attached hydrogens (tertiary/aromatic N) is 4. The van der Waals surface area contributed by atoms with Crippen LogP contribution in [0.5, 0.6) is 0 Å². The molecule has 1 N–H and O–H groups in total. The summed E-state index contributed by atoms with van der Waals surface area (Å²) in [5, 5.41) is 10.4. The minimum Gasteiger partial charge on any atom is -0.346 e. The Morgan fingerprint density at radius 2 is 2.00 bits per heavy atom. The summed E-state index contributed by atoms with van der Waals surface area (Å²) in [6.07, 6.45) is -1.17. The van der Waals surface area contributed by atoms with Gasteiger partial charge in [0, 0.05) is 24.5 Å². The molecule has 6 nitrogen and oxygen atoms in total. The molecule has 1 amide bonds. The number of thioether (sulfide) groups is 1. The summed E-state index contributed by atoms with van der Waals surface area (Å²) in [5.74, 6) is -0.249. The van der Waals surface area contributed by atoms with Gasteiger partial charge in [-0.3, -0.25) is 9.78 Å². The van der Waals surface area contributed by atoms with E-state index in [-0.39, 0.29) is 5.75 Å². The van der Waals surface area contributed by atoms with E-state index >= 15 is 0 Å². The lowest BCUT2D eigenvalue weighted by molar-refractivity contribution is -0.136. The number of rotatable bonds is 6. The summed E-state index contributed by atoms with van der Waals surface area (Å²) in [6, 6.07) is 3.56.